The number of methoxy groups -OCH3 is 3. The molecule has 0 heterocycles. The second-order valence-electron chi connectivity index (χ2n) is 10.4. The Morgan fingerprint density at radius 2 is 1.02 bits per heavy atom. The van der Waals surface area contributed by atoms with Gasteiger partial charge in [0.05, 0.1) is 40.6 Å². The minimum atomic E-state index is -3.16. The van der Waals surface area contributed by atoms with E-state index >= 15 is 0 Å². The maximum atomic E-state index is 12.2. The number of carbonyl (C=O) groups is 7. The molecule has 0 aromatic rings. The van der Waals surface area contributed by atoms with Crippen LogP contribution in [-0.4, -0.2) is 99.7 Å². The highest BCUT2D eigenvalue weighted by Gasteiger charge is 2.53. The molecule has 2 atom stereocenters. The normalized spacial score (nSPS) is 12.9. The van der Waals surface area contributed by atoms with Crippen molar-refractivity contribution < 1.29 is 73.3 Å². The first-order valence-electron chi connectivity index (χ1n) is 14.4. The van der Waals surface area contributed by atoms with Gasteiger partial charge in [0.15, 0.2) is 22.9 Å². The maximum Gasteiger partial charge on any atom is 0.339 e. The number of carboxylic acids is 3. The molecule has 5 N–H and O–H groups in total. The van der Waals surface area contributed by atoms with E-state index in [1.807, 2.05) is 0 Å². The summed E-state index contributed by atoms with van der Waals surface area (Å²) < 4.78 is 12.9. The molecule has 0 saturated carbocycles. The molecule has 0 aromatic heterocycles. The van der Waals surface area contributed by atoms with Gasteiger partial charge < -0.3 is 39.7 Å². The number of carboxylic acid groups (broad SMARTS) is 3. The number of esters is 3. The highest BCUT2D eigenvalue weighted by molar-refractivity contribution is 6.05. The number of rotatable bonds is 23. The van der Waals surface area contributed by atoms with E-state index in [9.17, 15) is 48.9 Å². The number of carbonyl (C=O) groups excluding carboxylic acids is 4. The van der Waals surface area contributed by atoms with Gasteiger partial charge >= 0.3 is 35.8 Å². The van der Waals surface area contributed by atoms with Crippen LogP contribution in [0.25, 0.3) is 0 Å². The molecule has 0 aliphatic rings. The molecule has 0 bridgehead atoms. The van der Waals surface area contributed by atoms with Gasteiger partial charge in [-0.2, -0.15) is 0 Å². The van der Waals surface area contributed by atoms with Gasteiger partial charge in [-0.05, 0) is 6.42 Å². The van der Waals surface area contributed by atoms with Crippen molar-refractivity contribution in [3.8, 4) is 0 Å². The van der Waals surface area contributed by atoms with Gasteiger partial charge in [-0.1, -0.05) is 71.1 Å². The first kappa shape index (κ1) is 42.5. The number of Topliss-reactive ketones (excluding diaryl/α,β-unsaturated/α-hetero) is 1. The molecule has 0 saturated heterocycles. The average Bonchev–Trinajstić information content (AvgIpc) is 2.94. The summed E-state index contributed by atoms with van der Waals surface area (Å²) in [6.07, 6.45) is 8.58. The van der Waals surface area contributed by atoms with E-state index < -0.39 is 78.0 Å². The smallest absolute Gasteiger partial charge is 0.339 e. The van der Waals surface area contributed by atoms with Crippen molar-refractivity contribution in [1.82, 2.24) is 0 Å². The second kappa shape index (κ2) is 22.9. The minimum absolute atomic E-state index is 0.205. The molecular weight excluding hydrogens is 588 g/mol. The Labute approximate surface area is 256 Å². The first-order valence-corrected chi connectivity index (χ1v) is 14.4. The molecule has 0 radical (unpaired) electrons. The number of hydrogen-bond donors (Lipinski definition) is 5. The third-order valence-electron chi connectivity index (χ3n) is 6.76. The van der Waals surface area contributed by atoms with E-state index in [1.165, 1.54) is 38.5 Å². The van der Waals surface area contributed by atoms with Gasteiger partial charge in [0.1, 0.15) is 0 Å². The lowest BCUT2D eigenvalue weighted by Crippen LogP contribution is -2.53. The molecule has 15 heteroatoms. The van der Waals surface area contributed by atoms with Crippen molar-refractivity contribution in [2.24, 2.45) is 5.92 Å². The van der Waals surface area contributed by atoms with E-state index in [-0.39, 0.29) is 6.42 Å². The zero-order valence-corrected chi connectivity index (χ0v) is 26.0. The molecule has 44 heavy (non-hydrogen) atoms. The first-order chi connectivity index (χ1) is 20.6. The van der Waals surface area contributed by atoms with Crippen molar-refractivity contribution >= 4 is 41.6 Å². The second-order valence-corrected chi connectivity index (χ2v) is 10.4. The SMILES string of the molecule is CCCCCCCCCCCCCC(=O)C(C(=O)O)C(O)(CC(=O)O)C(=O)O.COC(=O)CC(O)(CC(=O)OC)C(=O)OC. The number of ketones is 1. The fraction of sp³-hybridized carbons (Fsp3) is 0.759. The number of aliphatic hydroxyl groups is 2. The zero-order valence-electron chi connectivity index (χ0n) is 26.0. The summed E-state index contributed by atoms with van der Waals surface area (Å²) in [6, 6.07) is 0. The van der Waals surface area contributed by atoms with Gasteiger partial charge in [0.2, 0.25) is 0 Å². The van der Waals surface area contributed by atoms with Crippen molar-refractivity contribution in [1.29, 1.82) is 0 Å². The van der Waals surface area contributed by atoms with Crippen LogP contribution < -0.4 is 0 Å². The van der Waals surface area contributed by atoms with E-state index in [0.717, 1.165) is 40.6 Å². The van der Waals surface area contributed by atoms with Crippen molar-refractivity contribution in [3.63, 3.8) is 0 Å². The summed E-state index contributed by atoms with van der Waals surface area (Å²) in [6.45, 7) is 2.18. The summed E-state index contributed by atoms with van der Waals surface area (Å²) in [4.78, 5) is 78.8. The Hall–Kier alpha value is -3.59. The molecule has 0 fully saturated rings. The molecule has 0 rings (SSSR count). The average molecular weight is 637 g/mol. The summed E-state index contributed by atoms with van der Waals surface area (Å²) in [5.41, 5.74) is -5.42. The van der Waals surface area contributed by atoms with E-state index in [1.54, 1.807) is 0 Å². The number of aliphatic carboxylic acids is 3. The Morgan fingerprint density at radius 3 is 1.34 bits per heavy atom. The Kier molecular flexibility index (Phi) is 22.1. The molecule has 0 amide bonds. The van der Waals surface area contributed by atoms with Crippen LogP contribution in [0.1, 0.15) is 103 Å². The van der Waals surface area contributed by atoms with Crippen molar-refractivity contribution in [2.75, 3.05) is 21.3 Å². The van der Waals surface area contributed by atoms with Gasteiger partial charge in [-0.15, -0.1) is 0 Å². The van der Waals surface area contributed by atoms with Gasteiger partial charge in [0.25, 0.3) is 0 Å². The van der Waals surface area contributed by atoms with Crippen LogP contribution in [0, 0.1) is 5.92 Å². The van der Waals surface area contributed by atoms with Gasteiger partial charge in [-0.3, -0.25) is 24.0 Å². The lowest BCUT2D eigenvalue weighted by molar-refractivity contribution is -0.181. The molecule has 0 aromatic carbocycles. The molecule has 0 spiro atoms. The van der Waals surface area contributed by atoms with Crippen LogP contribution in [0.3, 0.4) is 0 Å². The lowest BCUT2D eigenvalue weighted by Gasteiger charge is -2.27. The largest absolute Gasteiger partial charge is 0.481 e. The minimum Gasteiger partial charge on any atom is -0.481 e. The molecule has 0 aliphatic carbocycles. The van der Waals surface area contributed by atoms with Gasteiger partial charge in [-0.25, -0.2) is 9.59 Å². The molecule has 254 valence electrons. The van der Waals surface area contributed by atoms with Crippen LogP contribution in [0.4, 0.5) is 0 Å². The maximum absolute atomic E-state index is 12.2. The molecule has 15 nitrogen and oxygen atoms in total. The molecule has 2 unspecified atom stereocenters. The Morgan fingerprint density at radius 1 is 0.614 bits per heavy atom. The van der Waals surface area contributed by atoms with E-state index in [2.05, 4.69) is 21.1 Å². The topological polar surface area (TPSA) is 248 Å². The predicted molar refractivity (Wildman–Crippen MR) is 152 cm³/mol. The van der Waals surface area contributed by atoms with Crippen molar-refractivity contribution in [2.45, 2.75) is 114 Å². The van der Waals surface area contributed by atoms with Crippen molar-refractivity contribution in [3.05, 3.63) is 0 Å². The zero-order chi connectivity index (χ0) is 34.3. The highest BCUT2D eigenvalue weighted by atomic mass is 16.6. The summed E-state index contributed by atoms with van der Waals surface area (Å²) in [7, 11) is 3.22. The number of ether oxygens (including phenoxy) is 3. The number of hydrogen-bond acceptors (Lipinski definition) is 12. The monoisotopic (exact) mass is 636 g/mol. The highest BCUT2D eigenvalue weighted by Crippen LogP contribution is 2.26. The summed E-state index contributed by atoms with van der Waals surface area (Å²) in [5.74, 6) is -11.6. The molecular formula is C29H48O15. The third-order valence-corrected chi connectivity index (χ3v) is 6.76. The van der Waals surface area contributed by atoms with E-state index in [4.69, 9.17) is 10.2 Å². The van der Waals surface area contributed by atoms with Crippen LogP contribution in [0.15, 0.2) is 0 Å². The van der Waals surface area contributed by atoms with Crippen LogP contribution in [0.2, 0.25) is 0 Å². The fourth-order valence-corrected chi connectivity index (χ4v) is 4.27. The quantitative estimate of drug-likeness (QED) is 0.0467. The lowest BCUT2D eigenvalue weighted by atomic mass is 9.80. The summed E-state index contributed by atoms with van der Waals surface area (Å²) in [5, 5.41) is 46.9. The Bertz CT molecular complexity index is 927. The Balaban J connectivity index is 0. The summed E-state index contributed by atoms with van der Waals surface area (Å²) >= 11 is 0. The van der Waals surface area contributed by atoms with Crippen LogP contribution in [-0.2, 0) is 47.8 Å². The standard InChI is InChI=1S/C20H34O8.C9H14O7/c1-2-3-4-5-6-7-8-9-10-11-12-13-15(21)17(18(24)25)20(28,19(26)27)14-16(22)23;1-14-6(10)4-9(13,8(12)16-3)5-7(11)15-2/h17,28H,2-14H2,1H3,(H,22,23)(H,24,25)(H,26,27);13H,4-5H2,1-3H3. The van der Waals surface area contributed by atoms with Gasteiger partial charge in [0, 0.05) is 6.42 Å². The fourth-order valence-electron chi connectivity index (χ4n) is 4.27. The number of unbranched alkanes of at least 4 members (excludes halogenated alkanes) is 10. The van der Waals surface area contributed by atoms with E-state index in [0.29, 0.717) is 12.8 Å². The van der Waals surface area contributed by atoms with Crippen LogP contribution >= 0.6 is 0 Å². The molecule has 0 aliphatic heterocycles. The third kappa shape index (κ3) is 16.9. The van der Waals surface area contributed by atoms with Crippen LogP contribution in [0.5, 0.6) is 0 Å². The predicted octanol–water partition coefficient (Wildman–Crippen LogP) is 2.26.